The van der Waals surface area contributed by atoms with E-state index in [4.69, 9.17) is 4.42 Å². The van der Waals surface area contributed by atoms with Crippen LogP contribution in [0.5, 0.6) is 0 Å². The van der Waals surface area contributed by atoms with Crippen molar-refractivity contribution in [3.8, 4) is 11.3 Å². The van der Waals surface area contributed by atoms with Crippen LogP contribution in [0.4, 0.5) is 0 Å². The number of rotatable bonds is 3. The number of nitrogens with zero attached hydrogens (tertiary/aromatic N) is 1. The molecule has 3 aromatic carbocycles. The summed E-state index contributed by atoms with van der Waals surface area (Å²) in [4.78, 5) is 0. The third-order valence-electron chi connectivity index (χ3n) is 7.41. The van der Waals surface area contributed by atoms with Crippen LogP contribution in [-0.4, -0.2) is 16.1 Å². The molecule has 0 radical (unpaired) electrons. The molecule has 0 amide bonds. The van der Waals surface area contributed by atoms with Crippen molar-refractivity contribution in [2.24, 2.45) is 7.05 Å². The van der Waals surface area contributed by atoms with Crippen LogP contribution in [-0.2, 0) is 7.05 Å². The highest BCUT2D eigenvalue weighted by molar-refractivity contribution is 6.90. The highest BCUT2D eigenvalue weighted by Gasteiger charge is 2.30. The van der Waals surface area contributed by atoms with Gasteiger partial charge in [0.2, 0.25) is 11.2 Å². The number of benzene rings is 3. The topological polar surface area (TPSA) is 17.0 Å². The van der Waals surface area contributed by atoms with Crippen LogP contribution in [0.15, 0.2) is 59.0 Å². The first-order valence-electron chi connectivity index (χ1n) is 12.3. The van der Waals surface area contributed by atoms with Gasteiger partial charge in [0.1, 0.15) is 18.2 Å². The fourth-order valence-corrected chi connectivity index (χ4v) is 7.94. The maximum absolute atomic E-state index is 6.55. The molecule has 2 aromatic heterocycles. The van der Waals surface area contributed by atoms with Crippen LogP contribution in [0.25, 0.3) is 44.1 Å². The Hall–Kier alpha value is -2.70. The van der Waals surface area contributed by atoms with Crippen LogP contribution < -0.4 is 14.9 Å². The molecule has 0 saturated heterocycles. The van der Waals surface area contributed by atoms with E-state index in [1.54, 1.807) is 0 Å². The third kappa shape index (κ3) is 3.55. The van der Waals surface area contributed by atoms with Crippen molar-refractivity contribution >= 4 is 59.4 Å². The van der Waals surface area contributed by atoms with Crippen molar-refractivity contribution in [1.82, 2.24) is 0 Å². The smallest absolute Gasteiger partial charge is 0.216 e. The van der Waals surface area contributed by atoms with Gasteiger partial charge >= 0.3 is 0 Å². The summed E-state index contributed by atoms with van der Waals surface area (Å²) in [5.74, 6) is 0. The Bertz CT molecular complexity index is 1600. The average molecular weight is 483 g/mol. The molecule has 0 atom stereocenters. The molecule has 0 bridgehead atoms. The molecule has 0 fully saturated rings. The van der Waals surface area contributed by atoms with Crippen LogP contribution in [0, 0.1) is 13.8 Å². The van der Waals surface area contributed by atoms with Gasteiger partial charge in [-0.3, -0.25) is 0 Å². The van der Waals surface area contributed by atoms with Gasteiger partial charge < -0.3 is 4.42 Å². The largest absolute Gasteiger partial charge is 0.455 e. The maximum atomic E-state index is 6.55. The fraction of sp³-hybridized carbons (Fsp3) is 0.300. The second-order valence-electron chi connectivity index (χ2n) is 11.9. The van der Waals surface area contributed by atoms with Gasteiger partial charge in [0.15, 0.2) is 0 Å². The lowest BCUT2D eigenvalue weighted by molar-refractivity contribution is -0.633. The van der Waals surface area contributed by atoms with Gasteiger partial charge in [0, 0.05) is 28.3 Å². The van der Waals surface area contributed by atoms with Crippen molar-refractivity contribution in [3.63, 3.8) is 0 Å². The number of furan rings is 1. The van der Waals surface area contributed by atoms with Crippen LogP contribution in [0.3, 0.4) is 0 Å². The van der Waals surface area contributed by atoms with Crippen LogP contribution in [0.2, 0.25) is 39.3 Å². The number of aryl methyl sites for hydroxylation is 2. The van der Waals surface area contributed by atoms with Gasteiger partial charge in [-0.1, -0.05) is 68.7 Å². The molecule has 34 heavy (non-hydrogen) atoms. The van der Waals surface area contributed by atoms with Gasteiger partial charge in [-0.05, 0) is 48.4 Å². The van der Waals surface area contributed by atoms with Crippen molar-refractivity contribution in [2.45, 2.75) is 53.1 Å². The third-order valence-corrected chi connectivity index (χ3v) is 11.5. The summed E-state index contributed by atoms with van der Waals surface area (Å²) in [7, 11) is -0.819. The van der Waals surface area contributed by atoms with E-state index in [1.165, 1.54) is 54.4 Å². The first-order chi connectivity index (χ1) is 15.9. The first-order valence-corrected chi connectivity index (χ1v) is 19.3. The number of hydrogen-bond acceptors (Lipinski definition) is 1. The number of hydrogen-bond donors (Lipinski definition) is 0. The Balaban J connectivity index is 1.96. The molecule has 5 rings (SSSR count). The Morgan fingerprint density at radius 1 is 0.735 bits per heavy atom. The highest BCUT2D eigenvalue weighted by atomic mass is 28.3. The normalized spacial score (nSPS) is 12.9. The SMILES string of the molecule is Cc1cc2c(oc3ccccc32)c(-c2cc([Si](C)(C)C)c3ccc([Si](C)(C)C)cc3[n+]2C)c1C. The first kappa shape index (κ1) is 23.1. The maximum Gasteiger partial charge on any atom is 0.216 e. The second kappa shape index (κ2) is 7.66. The molecule has 0 aliphatic rings. The highest BCUT2D eigenvalue weighted by Crippen LogP contribution is 2.38. The van der Waals surface area contributed by atoms with Gasteiger partial charge in [-0.15, -0.1) is 0 Å². The van der Waals surface area contributed by atoms with E-state index in [0.717, 1.165) is 11.2 Å². The Morgan fingerprint density at radius 3 is 2.12 bits per heavy atom. The Kier molecular flexibility index (Phi) is 5.19. The molecule has 0 unspecified atom stereocenters. The van der Waals surface area contributed by atoms with Crippen LogP contribution in [0.1, 0.15) is 11.1 Å². The average Bonchev–Trinajstić information content (AvgIpc) is 3.12. The Labute approximate surface area is 205 Å². The van der Waals surface area contributed by atoms with E-state index in [-0.39, 0.29) is 0 Å². The minimum Gasteiger partial charge on any atom is -0.455 e. The van der Waals surface area contributed by atoms with Crippen molar-refractivity contribution < 1.29 is 8.98 Å². The standard InChI is InChI=1S/C30H36NOSi2/c1-19-16-24-22-12-10-11-13-27(22)32-30(24)29(20(19)2)26-18-28(34(7,8)9)23-15-14-21(33(4,5)6)17-25(23)31(26)3/h10-18H,1-9H3/q+1. The van der Waals surface area contributed by atoms with Gasteiger partial charge in [-0.25, -0.2) is 0 Å². The van der Waals surface area contributed by atoms with Gasteiger partial charge in [0.05, 0.1) is 21.7 Å². The minimum atomic E-state index is -1.61. The van der Waals surface area contributed by atoms with Gasteiger partial charge in [-0.2, -0.15) is 4.57 Å². The molecule has 0 aliphatic carbocycles. The second-order valence-corrected chi connectivity index (χ2v) is 22.0. The van der Waals surface area contributed by atoms with E-state index >= 15 is 0 Å². The van der Waals surface area contributed by atoms with Gasteiger partial charge in [0.25, 0.3) is 0 Å². The van der Waals surface area contributed by atoms with E-state index in [2.05, 4.69) is 119 Å². The molecule has 0 aliphatic heterocycles. The molecule has 2 nitrogen and oxygen atoms in total. The number of pyridine rings is 1. The quantitative estimate of drug-likeness (QED) is 0.201. The van der Waals surface area contributed by atoms with E-state index < -0.39 is 16.1 Å². The summed E-state index contributed by atoms with van der Waals surface area (Å²) < 4.78 is 8.96. The molecule has 174 valence electrons. The summed E-state index contributed by atoms with van der Waals surface area (Å²) in [6.45, 7) is 19.1. The van der Waals surface area contributed by atoms with Crippen molar-refractivity contribution in [2.75, 3.05) is 0 Å². The fourth-order valence-electron chi connectivity index (χ4n) is 5.20. The zero-order chi connectivity index (χ0) is 24.6. The molecular formula is C30H36NOSi2+. The van der Waals surface area contributed by atoms with Crippen molar-refractivity contribution in [1.29, 1.82) is 0 Å². The molecule has 0 N–H and O–H groups in total. The zero-order valence-corrected chi connectivity index (χ0v) is 24.1. The summed E-state index contributed by atoms with van der Waals surface area (Å²) in [6, 6.07) is 20.4. The number of aromatic nitrogens is 1. The molecule has 0 saturated carbocycles. The number of para-hydroxylation sites is 1. The van der Waals surface area contributed by atoms with Crippen molar-refractivity contribution in [3.05, 3.63) is 65.7 Å². The lowest BCUT2D eigenvalue weighted by Gasteiger charge is -2.22. The van der Waals surface area contributed by atoms with Crippen LogP contribution >= 0.6 is 0 Å². The minimum absolute atomic E-state index is 0.957. The summed E-state index contributed by atoms with van der Waals surface area (Å²) in [5, 5.41) is 6.82. The lowest BCUT2D eigenvalue weighted by atomic mass is 9.96. The van der Waals surface area contributed by atoms with E-state index in [0.29, 0.717) is 0 Å². The monoisotopic (exact) mass is 482 g/mol. The predicted molar refractivity (Wildman–Crippen MR) is 153 cm³/mol. The Morgan fingerprint density at radius 2 is 1.44 bits per heavy atom. The zero-order valence-electron chi connectivity index (χ0n) is 22.1. The summed E-state index contributed by atoms with van der Waals surface area (Å²) in [5.41, 5.74) is 8.38. The predicted octanol–water partition coefficient (Wildman–Crippen LogP) is 6.94. The molecule has 0 spiro atoms. The molecule has 5 aromatic rings. The molecular weight excluding hydrogens is 447 g/mol. The van der Waals surface area contributed by atoms with E-state index in [1.807, 2.05) is 0 Å². The summed E-state index contributed by atoms with van der Waals surface area (Å²) in [6.07, 6.45) is 0. The lowest BCUT2D eigenvalue weighted by Crippen LogP contribution is -2.45. The number of fused-ring (bicyclic) bond motifs is 4. The summed E-state index contributed by atoms with van der Waals surface area (Å²) >= 11 is 0. The molecule has 2 heterocycles. The van der Waals surface area contributed by atoms with E-state index in [9.17, 15) is 0 Å². The molecule has 4 heteroatoms.